The van der Waals surface area contributed by atoms with Crippen LogP contribution in [-0.4, -0.2) is 14.5 Å². The number of nitrogens with zero attached hydrogens (tertiary/aromatic N) is 2. The molecule has 0 saturated heterocycles. The van der Waals surface area contributed by atoms with E-state index < -0.39 is 6.10 Å². The fourth-order valence-corrected chi connectivity index (χ4v) is 4.97. The highest BCUT2D eigenvalue weighted by Gasteiger charge is 2.34. The predicted octanol–water partition coefficient (Wildman–Crippen LogP) is 5.87. The number of halogens is 1. The van der Waals surface area contributed by atoms with E-state index in [0.29, 0.717) is 17.8 Å². The Morgan fingerprint density at radius 2 is 1.67 bits per heavy atom. The van der Waals surface area contributed by atoms with Gasteiger partial charge in [-0.05, 0) is 85.6 Å². The van der Waals surface area contributed by atoms with Crippen LogP contribution in [0.15, 0.2) is 49.1 Å². The van der Waals surface area contributed by atoms with Gasteiger partial charge in [0.2, 0.25) is 0 Å². The highest BCUT2D eigenvalue weighted by molar-refractivity contribution is 6.30. The number of aliphatic hydroxyl groups is 1. The molecule has 1 atom stereocenters. The normalized spacial score (nSPS) is 24.2. The van der Waals surface area contributed by atoms with Crippen LogP contribution >= 0.6 is 11.6 Å². The van der Waals surface area contributed by atoms with Gasteiger partial charge < -0.3 is 9.51 Å². The lowest BCUT2D eigenvalue weighted by Crippen LogP contribution is -2.21. The molecule has 2 aliphatic rings. The molecule has 3 nitrogen and oxygen atoms in total. The Hall–Kier alpha value is -1.84. The number of hydrogen-bond acceptors (Lipinski definition) is 2. The molecule has 2 aliphatic carbocycles. The van der Waals surface area contributed by atoms with E-state index in [4.69, 9.17) is 11.6 Å². The van der Waals surface area contributed by atoms with Gasteiger partial charge in [0.15, 0.2) is 0 Å². The summed E-state index contributed by atoms with van der Waals surface area (Å²) < 4.78 is 2.05. The van der Waals surface area contributed by atoms with Crippen molar-refractivity contribution in [1.29, 1.82) is 0 Å². The van der Waals surface area contributed by atoms with Crippen LogP contribution in [0.2, 0.25) is 5.02 Å². The largest absolute Gasteiger partial charge is 0.388 e. The van der Waals surface area contributed by atoms with Gasteiger partial charge in [-0.25, -0.2) is 4.98 Å². The van der Waals surface area contributed by atoms with Gasteiger partial charge in [0.05, 0.1) is 24.1 Å². The van der Waals surface area contributed by atoms with Crippen LogP contribution in [-0.2, 0) is 0 Å². The number of imidazole rings is 1. The number of hydrogen-bond donors (Lipinski definition) is 1. The molecule has 2 saturated carbocycles. The number of pyridine rings is 1. The van der Waals surface area contributed by atoms with Crippen molar-refractivity contribution in [1.82, 2.24) is 9.38 Å². The molecular formula is C23H25ClN2O. The number of aromatic nitrogens is 2. The van der Waals surface area contributed by atoms with E-state index in [1.807, 2.05) is 29.1 Å². The Morgan fingerprint density at radius 3 is 2.37 bits per heavy atom. The molecule has 0 spiro atoms. The van der Waals surface area contributed by atoms with E-state index >= 15 is 0 Å². The first kappa shape index (κ1) is 17.3. The first-order chi connectivity index (χ1) is 13.2. The van der Waals surface area contributed by atoms with E-state index in [1.54, 1.807) is 0 Å². The molecule has 27 heavy (non-hydrogen) atoms. The summed E-state index contributed by atoms with van der Waals surface area (Å²) in [6, 6.07) is 10.5. The van der Waals surface area contributed by atoms with Gasteiger partial charge in [-0.2, -0.15) is 0 Å². The molecule has 5 rings (SSSR count). The zero-order chi connectivity index (χ0) is 18.4. The van der Waals surface area contributed by atoms with Crippen molar-refractivity contribution in [3.63, 3.8) is 0 Å². The van der Waals surface area contributed by atoms with Gasteiger partial charge in [0, 0.05) is 16.8 Å². The molecule has 2 fully saturated rings. The Kier molecular flexibility index (Phi) is 4.45. The summed E-state index contributed by atoms with van der Waals surface area (Å²) in [5, 5.41) is 12.1. The molecule has 2 aromatic heterocycles. The van der Waals surface area contributed by atoms with Crippen LogP contribution in [0.25, 0.3) is 5.52 Å². The van der Waals surface area contributed by atoms with Crippen LogP contribution in [0.1, 0.15) is 73.2 Å². The molecule has 1 N–H and O–H groups in total. The van der Waals surface area contributed by atoms with E-state index in [1.165, 1.54) is 24.0 Å². The van der Waals surface area contributed by atoms with Crippen molar-refractivity contribution in [3.05, 3.63) is 70.8 Å². The van der Waals surface area contributed by atoms with Crippen LogP contribution in [0, 0.1) is 5.92 Å². The Labute approximate surface area is 165 Å². The summed E-state index contributed by atoms with van der Waals surface area (Å²) in [6.07, 6.45) is 12.3. The van der Waals surface area contributed by atoms with Gasteiger partial charge >= 0.3 is 0 Å². The number of benzene rings is 1. The fraction of sp³-hybridized carbons (Fsp3) is 0.435. The van der Waals surface area contributed by atoms with Gasteiger partial charge in [0.25, 0.3) is 0 Å². The second kappa shape index (κ2) is 6.96. The Bertz CT molecular complexity index is 937. The molecule has 4 heteroatoms. The second-order valence-electron chi connectivity index (χ2n) is 8.25. The molecule has 1 aromatic carbocycles. The van der Waals surface area contributed by atoms with E-state index in [9.17, 15) is 5.11 Å². The minimum Gasteiger partial charge on any atom is -0.388 e. The predicted molar refractivity (Wildman–Crippen MR) is 108 cm³/mol. The van der Waals surface area contributed by atoms with Crippen LogP contribution in [0.3, 0.4) is 0 Å². The summed E-state index contributed by atoms with van der Waals surface area (Å²) in [4.78, 5) is 4.31. The van der Waals surface area contributed by atoms with Gasteiger partial charge in [0.1, 0.15) is 0 Å². The van der Waals surface area contributed by atoms with Crippen molar-refractivity contribution < 1.29 is 5.11 Å². The highest BCUT2D eigenvalue weighted by atomic mass is 35.5. The standard InChI is InChI=1S/C23H25ClN2O/c24-19-9-7-16(8-10-19)15-1-5-18(6-2-15)23(27)22-20(17-3-4-17)11-12-26-14-25-13-21(22)26/h7-15,17-18,23,27H,1-6H2/t15-,18-,23-/m0/s1. The highest BCUT2D eigenvalue weighted by Crippen LogP contribution is 2.47. The molecule has 0 bridgehead atoms. The topological polar surface area (TPSA) is 37.5 Å². The lowest BCUT2D eigenvalue weighted by molar-refractivity contribution is 0.0810. The molecular weight excluding hydrogens is 356 g/mol. The van der Waals surface area contributed by atoms with Crippen LogP contribution < -0.4 is 0 Å². The molecule has 140 valence electrons. The first-order valence-electron chi connectivity index (χ1n) is 10.1. The summed E-state index contributed by atoms with van der Waals surface area (Å²) >= 11 is 6.03. The molecule has 2 heterocycles. The summed E-state index contributed by atoms with van der Waals surface area (Å²) in [7, 11) is 0. The summed E-state index contributed by atoms with van der Waals surface area (Å²) in [5.41, 5.74) is 4.93. The third-order valence-corrected chi connectivity index (χ3v) is 6.79. The SMILES string of the molecule is O[C@H](c1c(C2CC2)ccn2cncc12)[C@H]1CC[C@H](c2ccc(Cl)cc2)CC1. The number of rotatable bonds is 4. The molecule has 0 aliphatic heterocycles. The maximum Gasteiger partial charge on any atom is 0.0992 e. The summed E-state index contributed by atoms with van der Waals surface area (Å²) in [5.74, 6) is 1.53. The van der Waals surface area contributed by atoms with Crippen LogP contribution in [0.4, 0.5) is 0 Å². The first-order valence-corrected chi connectivity index (χ1v) is 10.5. The van der Waals surface area contributed by atoms with Crippen molar-refractivity contribution >= 4 is 17.1 Å². The minimum absolute atomic E-state index is 0.326. The van der Waals surface area contributed by atoms with Crippen molar-refractivity contribution in [2.75, 3.05) is 0 Å². The monoisotopic (exact) mass is 380 g/mol. The third kappa shape index (κ3) is 3.28. The minimum atomic E-state index is -0.396. The smallest absolute Gasteiger partial charge is 0.0992 e. The van der Waals surface area contributed by atoms with Crippen LogP contribution in [0.5, 0.6) is 0 Å². The van der Waals surface area contributed by atoms with Crippen molar-refractivity contribution in [2.45, 2.75) is 56.5 Å². The molecule has 0 amide bonds. The zero-order valence-corrected chi connectivity index (χ0v) is 16.1. The zero-order valence-electron chi connectivity index (χ0n) is 15.4. The number of aliphatic hydroxyl groups excluding tert-OH is 1. The average molecular weight is 381 g/mol. The lowest BCUT2D eigenvalue weighted by atomic mass is 9.75. The maximum atomic E-state index is 11.4. The molecule has 0 unspecified atom stereocenters. The molecule has 0 radical (unpaired) electrons. The third-order valence-electron chi connectivity index (χ3n) is 6.54. The lowest BCUT2D eigenvalue weighted by Gasteiger charge is -2.33. The second-order valence-corrected chi connectivity index (χ2v) is 8.69. The van der Waals surface area contributed by atoms with E-state index in [-0.39, 0.29) is 0 Å². The quantitative estimate of drug-likeness (QED) is 0.614. The van der Waals surface area contributed by atoms with Gasteiger partial charge in [-0.15, -0.1) is 0 Å². The summed E-state index contributed by atoms with van der Waals surface area (Å²) in [6.45, 7) is 0. The number of fused-ring (bicyclic) bond motifs is 1. The van der Waals surface area contributed by atoms with Crippen molar-refractivity contribution in [3.8, 4) is 0 Å². The Balaban J connectivity index is 1.37. The van der Waals surface area contributed by atoms with E-state index in [0.717, 1.165) is 41.8 Å². The van der Waals surface area contributed by atoms with Crippen molar-refractivity contribution in [2.24, 2.45) is 5.92 Å². The van der Waals surface area contributed by atoms with Gasteiger partial charge in [-0.1, -0.05) is 23.7 Å². The molecule has 3 aromatic rings. The van der Waals surface area contributed by atoms with Gasteiger partial charge in [-0.3, -0.25) is 0 Å². The Morgan fingerprint density at radius 1 is 0.963 bits per heavy atom. The average Bonchev–Trinajstić information content (AvgIpc) is 3.44. The fourth-order valence-electron chi connectivity index (χ4n) is 4.84. The van der Waals surface area contributed by atoms with E-state index in [2.05, 4.69) is 29.4 Å². The maximum absolute atomic E-state index is 11.4.